The van der Waals surface area contributed by atoms with Gasteiger partial charge in [-0.05, 0) is 53.7 Å². The summed E-state index contributed by atoms with van der Waals surface area (Å²) in [5.74, 6) is -1.00. The van der Waals surface area contributed by atoms with Gasteiger partial charge in [-0.1, -0.05) is 18.1 Å². The van der Waals surface area contributed by atoms with E-state index in [4.69, 9.17) is 11.6 Å². The van der Waals surface area contributed by atoms with E-state index in [0.29, 0.717) is 10.9 Å². The van der Waals surface area contributed by atoms with Crippen LogP contribution in [0, 0.1) is 11.6 Å². The molecule has 0 amide bonds. The van der Waals surface area contributed by atoms with E-state index in [9.17, 15) is 8.78 Å². The van der Waals surface area contributed by atoms with Gasteiger partial charge in [-0.25, -0.2) is 8.78 Å². The zero-order valence-corrected chi connectivity index (χ0v) is 12.2. The lowest BCUT2D eigenvalue weighted by Crippen LogP contribution is -2.00. The third-order valence-electron chi connectivity index (χ3n) is 3.19. The summed E-state index contributed by atoms with van der Waals surface area (Å²) >= 11 is 9.20. The van der Waals surface area contributed by atoms with Gasteiger partial charge in [0.25, 0.3) is 0 Å². The number of alkyl halides is 1. The normalized spacial score (nSPS) is 20.4. The van der Waals surface area contributed by atoms with E-state index in [1.54, 1.807) is 0 Å². The Morgan fingerprint density at radius 2 is 2.06 bits per heavy atom. The third-order valence-corrected chi connectivity index (χ3v) is 4.14. The van der Waals surface area contributed by atoms with Gasteiger partial charge in [-0.2, -0.15) is 0 Å². The van der Waals surface area contributed by atoms with Gasteiger partial charge >= 0.3 is 0 Å². The van der Waals surface area contributed by atoms with Crippen molar-refractivity contribution in [3.8, 4) is 0 Å². The molecule has 98 valence electrons. The Balaban J connectivity index is 2.26. The highest BCUT2D eigenvalue weighted by Crippen LogP contribution is 2.28. The number of halogens is 4. The molecule has 0 radical (unpaired) electrons. The van der Waals surface area contributed by atoms with Gasteiger partial charge in [-0.3, -0.25) is 0 Å². The summed E-state index contributed by atoms with van der Waals surface area (Å²) in [6.45, 7) is 0. The maximum atomic E-state index is 13.9. The van der Waals surface area contributed by atoms with Crippen LogP contribution in [0.15, 0.2) is 28.3 Å². The lowest BCUT2D eigenvalue weighted by molar-refractivity contribution is 0.554. The van der Waals surface area contributed by atoms with E-state index in [2.05, 4.69) is 15.9 Å². The highest BCUT2D eigenvalue weighted by atomic mass is 79.9. The fraction of sp³-hybridized carbons (Fsp3) is 0.429. The van der Waals surface area contributed by atoms with Crippen LogP contribution in [0.4, 0.5) is 8.78 Å². The molecule has 0 saturated carbocycles. The van der Waals surface area contributed by atoms with Crippen molar-refractivity contribution in [2.24, 2.45) is 0 Å². The van der Waals surface area contributed by atoms with Gasteiger partial charge in [-0.15, -0.1) is 11.6 Å². The average molecular weight is 336 g/mol. The summed E-state index contributed by atoms with van der Waals surface area (Å²) in [6.07, 6.45) is 6.17. The largest absolute Gasteiger partial charge is 0.207 e. The molecule has 1 aliphatic rings. The maximum absolute atomic E-state index is 13.9. The SMILES string of the molecule is Fc1ccc(Br)c(F)c1CC1=CC(Cl)CCCC1. The van der Waals surface area contributed by atoms with Crippen LogP contribution in [0.2, 0.25) is 0 Å². The molecule has 0 N–H and O–H groups in total. The van der Waals surface area contributed by atoms with Gasteiger partial charge in [0.1, 0.15) is 11.6 Å². The molecule has 0 aliphatic heterocycles. The lowest BCUT2D eigenvalue weighted by Gasteiger charge is -2.09. The first-order chi connectivity index (χ1) is 8.58. The van der Waals surface area contributed by atoms with Gasteiger partial charge in [0.2, 0.25) is 0 Å². The molecular formula is C14H14BrClF2. The van der Waals surface area contributed by atoms with E-state index >= 15 is 0 Å². The first kappa shape index (κ1) is 14.0. The molecule has 0 bridgehead atoms. The van der Waals surface area contributed by atoms with Crippen LogP contribution >= 0.6 is 27.5 Å². The number of rotatable bonds is 2. The van der Waals surface area contributed by atoms with E-state index < -0.39 is 11.6 Å². The maximum Gasteiger partial charge on any atom is 0.143 e. The first-order valence-electron chi connectivity index (χ1n) is 6.04. The van der Waals surface area contributed by atoms with Crippen molar-refractivity contribution < 1.29 is 8.78 Å². The summed E-state index contributed by atoms with van der Waals surface area (Å²) in [6, 6.07) is 2.68. The van der Waals surface area contributed by atoms with Crippen LogP contribution in [0.3, 0.4) is 0 Å². The predicted molar refractivity (Wildman–Crippen MR) is 74.0 cm³/mol. The average Bonchev–Trinajstić information content (AvgIpc) is 2.54. The summed E-state index contributed by atoms with van der Waals surface area (Å²) in [5.41, 5.74) is 1.16. The van der Waals surface area contributed by atoms with Crippen molar-refractivity contribution >= 4 is 27.5 Å². The van der Waals surface area contributed by atoms with Crippen molar-refractivity contribution in [2.75, 3.05) is 0 Å². The van der Waals surface area contributed by atoms with E-state index in [0.717, 1.165) is 31.3 Å². The van der Waals surface area contributed by atoms with Gasteiger partial charge in [0.15, 0.2) is 0 Å². The molecule has 0 nitrogen and oxygen atoms in total. The van der Waals surface area contributed by atoms with Gasteiger partial charge in [0, 0.05) is 5.56 Å². The fourth-order valence-electron chi connectivity index (χ4n) is 2.22. The smallest absolute Gasteiger partial charge is 0.143 e. The molecule has 0 spiro atoms. The van der Waals surface area contributed by atoms with Crippen molar-refractivity contribution in [1.82, 2.24) is 0 Å². The summed E-state index contributed by atoms with van der Waals surface area (Å²) in [5, 5.41) is -0.0132. The molecule has 1 aromatic rings. The van der Waals surface area contributed by atoms with E-state index in [1.807, 2.05) is 6.08 Å². The topological polar surface area (TPSA) is 0 Å². The van der Waals surface area contributed by atoms with Crippen molar-refractivity contribution in [1.29, 1.82) is 0 Å². The molecule has 4 heteroatoms. The standard InChI is InChI=1S/C14H14BrClF2/c15-12-5-6-13(17)11(14(12)18)8-9-3-1-2-4-10(16)7-9/h5-7,10H,1-4,8H2. The molecule has 18 heavy (non-hydrogen) atoms. The number of hydrogen-bond acceptors (Lipinski definition) is 0. The molecule has 0 aromatic heterocycles. The van der Waals surface area contributed by atoms with Gasteiger partial charge < -0.3 is 0 Å². The number of benzene rings is 1. The Morgan fingerprint density at radius 3 is 2.83 bits per heavy atom. The van der Waals surface area contributed by atoms with Gasteiger partial charge in [0.05, 0.1) is 9.85 Å². The molecule has 1 aromatic carbocycles. The monoisotopic (exact) mass is 334 g/mol. The zero-order valence-electron chi connectivity index (χ0n) is 9.86. The van der Waals surface area contributed by atoms with Crippen molar-refractivity contribution in [3.05, 3.63) is 45.5 Å². The number of hydrogen-bond donors (Lipinski definition) is 0. The highest BCUT2D eigenvalue weighted by Gasteiger charge is 2.16. The summed E-state index contributed by atoms with van der Waals surface area (Å²) in [7, 11) is 0. The molecule has 1 aliphatic carbocycles. The molecule has 1 atom stereocenters. The molecule has 0 heterocycles. The van der Waals surface area contributed by atoms with Crippen LogP contribution in [-0.2, 0) is 6.42 Å². The van der Waals surface area contributed by atoms with Crippen LogP contribution in [0.1, 0.15) is 31.2 Å². The van der Waals surface area contributed by atoms with Crippen LogP contribution in [0.25, 0.3) is 0 Å². The predicted octanol–water partition coefficient (Wildman–Crippen LogP) is 5.38. The van der Waals surface area contributed by atoms with E-state index in [-0.39, 0.29) is 10.9 Å². The first-order valence-corrected chi connectivity index (χ1v) is 7.27. The fourth-order valence-corrected chi connectivity index (χ4v) is 2.92. The van der Waals surface area contributed by atoms with Crippen molar-refractivity contribution in [3.63, 3.8) is 0 Å². The quantitative estimate of drug-likeness (QED) is 0.387. The molecular weight excluding hydrogens is 322 g/mol. The van der Waals surface area contributed by atoms with Crippen LogP contribution < -0.4 is 0 Å². The summed E-state index contributed by atoms with van der Waals surface area (Å²) in [4.78, 5) is 0. The Labute approximate surface area is 119 Å². The molecule has 2 rings (SSSR count). The second kappa shape index (κ2) is 6.16. The minimum atomic E-state index is -0.508. The highest BCUT2D eigenvalue weighted by molar-refractivity contribution is 9.10. The number of allylic oxidation sites excluding steroid dienone is 2. The summed E-state index contributed by atoms with van der Waals surface area (Å²) < 4.78 is 27.8. The Kier molecular flexibility index (Phi) is 4.79. The van der Waals surface area contributed by atoms with E-state index in [1.165, 1.54) is 12.1 Å². The third kappa shape index (κ3) is 3.33. The Bertz CT molecular complexity index is 471. The zero-order chi connectivity index (χ0) is 13.1. The lowest BCUT2D eigenvalue weighted by atomic mass is 10.0. The minimum absolute atomic E-state index is 0.0132. The Morgan fingerprint density at radius 1 is 1.28 bits per heavy atom. The molecule has 0 fully saturated rings. The second-order valence-corrected chi connectivity index (χ2v) is 6.00. The molecule has 0 saturated heterocycles. The minimum Gasteiger partial charge on any atom is -0.207 e. The van der Waals surface area contributed by atoms with Crippen molar-refractivity contribution in [2.45, 2.75) is 37.5 Å². The molecule has 1 unspecified atom stereocenters. The second-order valence-electron chi connectivity index (χ2n) is 4.59. The van der Waals surface area contributed by atoms with Crippen LogP contribution in [0.5, 0.6) is 0 Å². The van der Waals surface area contributed by atoms with Crippen LogP contribution in [-0.4, -0.2) is 5.38 Å². The Hall–Kier alpha value is -0.410.